The van der Waals surface area contributed by atoms with Crippen LogP contribution < -0.4 is 10.9 Å². The van der Waals surface area contributed by atoms with Crippen LogP contribution in [0, 0.1) is 5.82 Å². The largest absolute Gasteiger partial charge is 0.318 e. The molecule has 0 bridgehead atoms. The number of carbonyl (C=O) groups is 1. The fraction of sp³-hybridized carbons (Fsp3) is 0. The van der Waals surface area contributed by atoms with Crippen LogP contribution in [0.25, 0.3) is 0 Å². The van der Waals surface area contributed by atoms with Gasteiger partial charge in [0.25, 0.3) is 5.91 Å². The van der Waals surface area contributed by atoms with Gasteiger partial charge in [-0.25, -0.2) is 4.39 Å². The number of benzene rings is 1. The van der Waals surface area contributed by atoms with E-state index in [2.05, 4.69) is 26.2 Å². The van der Waals surface area contributed by atoms with E-state index in [1.807, 2.05) is 0 Å². The number of halogens is 2. The second-order valence-corrected chi connectivity index (χ2v) is 4.42. The third-order valence-electron chi connectivity index (χ3n) is 2.19. The van der Waals surface area contributed by atoms with Gasteiger partial charge in [0.1, 0.15) is 11.5 Å². The second kappa shape index (κ2) is 5.14. The van der Waals surface area contributed by atoms with E-state index < -0.39 is 11.7 Å². The lowest BCUT2D eigenvalue weighted by Gasteiger charge is -2.06. The lowest BCUT2D eigenvalue weighted by Crippen LogP contribution is -2.18. The highest BCUT2D eigenvalue weighted by atomic mass is 79.9. The van der Waals surface area contributed by atoms with Crippen molar-refractivity contribution in [3.8, 4) is 0 Å². The SMILES string of the molecule is O=C(Nc1ccc(Br)cc1F)c1cccc(=O)[nH]1. The average Bonchev–Trinajstić information content (AvgIpc) is 2.32. The molecule has 92 valence electrons. The van der Waals surface area contributed by atoms with E-state index >= 15 is 0 Å². The molecule has 4 nitrogen and oxygen atoms in total. The molecule has 1 amide bonds. The fourth-order valence-corrected chi connectivity index (χ4v) is 1.69. The normalized spacial score (nSPS) is 10.1. The Labute approximate surface area is 110 Å². The Hall–Kier alpha value is -1.95. The zero-order valence-corrected chi connectivity index (χ0v) is 10.6. The molecular formula is C12H8BrFN2O2. The lowest BCUT2D eigenvalue weighted by molar-refractivity contribution is 0.102. The molecule has 0 aliphatic rings. The van der Waals surface area contributed by atoms with Crippen LogP contribution in [0.3, 0.4) is 0 Å². The van der Waals surface area contributed by atoms with E-state index in [0.29, 0.717) is 4.47 Å². The molecule has 1 heterocycles. The fourth-order valence-electron chi connectivity index (χ4n) is 1.36. The van der Waals surface area contributed by atoms with E-state index in [1.54, 1.807) is 6.07 Å². The first-order valence-corrected chi connectivity index (χ1v) is 5.81. The zero-order valence-electron chi connectivity index (χ0n) is 9.04. The first-order valence-electron chi connectivity index (χ1n) is 5.02. The number of carbonyl (C=O) groups excluding carboxylic acids is 1. The quantitative estimate of drug-likeness (QED) is 0.895. The smallest absolute Gasteiger partial charge is 0.272 e. The van der Waals surface area contributed by atoms with Crippen LogP contribution in [-0.4, -0.2) is 10.9 Å². The third-order valence-corrected chi connectivity index (χ3v) is 2.69. The Morgan fingerprint density at radius 3 is 2.72 bits per heavy atom. The van der Waals surface area contributed by atoms with Crippen LogP contribution in [0.5, 0.6) is 0 Å². The highest BCUT2D eigenvalue weighted by Crippen LogP contribution is 2.19. The van der Waals surface area contributed by atoms with Crippen LogP contribution in [-0.2, 0) is 0 Å². The van der Waals surface area contributed by atoms with E-state index in [9.17, 15) is 14.0 Å². The van der Waals surface area contributed by atoms with Crippen LogP contribution in [0.4, 0.5) is 10.1 Å². The van der Waals surface area contributed by atoms with Crippen molar-refractivity contribution in [2.75, 3.05) is 5.32 Å². The van der Waals surface area contributed by atoms with Crippen molar-refractivity contribution in [2.45, 2.75) is 0 Å². The van der Waals surface area contributed by atoms with E-state index in [4.69, 9.17) is 0 Å². The molecule has 0 spiro atoms. The highest BCUT2D eigenvalue weighted by Gasteiger charge is 2.09. The summed E-state index contributed by atoms with van der Waals surface area (Å²) in [6.45, 7) is 0. The summed E-state index contributed by atoms with van der Waals surface area (Å²) in [4.78, 5) is 25.1. The van der Waals surface area contributed by atoms with E-state index in [0.717, 1.165) is 0 Å². The van der Waals surface area contributed by atoms with Crippen LogP contribution in [0.1, 0.15) is 10.5 Å². The van der Waals surface area contributed by atoms with Gasteiger partial charge in [-0.3, -0.25) is 9.59 Å². The molecule has 0 unspecified atom stereocenters. The molecule has 2 rings (SSSR count). The topological polar surface area (TPSA) is 62.0 Å². The third kappa shape index (κ3) is 2.84. The van der Waals surface area contributed by atoms with Gasteiger partial charge in [-0.1, -0.05) is 22.0 Å². The molecule has 0 radical (unpaired) electrons. The first-order chi connectivity index (χ1) is 8.56. The summed E-state index contributed by atoms with van der Waals surface area (Å²) in [7, 11) is 0. The maximum absolute atomic E-state index is 13.5. The summed E-state index contributed by atoms with van der Waals surface area (Å²) in [6.07, 6.45) is 0. The van der Waals surface area contributed by atoms with E-state index in [-0.39, 0.29) is 16.9 Å². The predicted octanol–water partition coefficient (Wildman–Crippen LogP) is 2.53. The number of rotatable bonds is 2. The molecule has 1 aromatic heterocycles. The molecule has 0 saturated carbocycles. The van der Waals surface area contributed by atoms with Gasteiger partial charge < -0.3 is 10.3 Å². The van der Waals surface area contributed by atoms with E-state index in [1.165, 1.54) is 30.3 Å². The minimum Gasteiger partial charge on any atom is -0.318 e. The van der Waals surface area contributed by atoms with Gasteiger partial charge in [0.2, 0.25) is 5.56 Å². The van der Waals surface area contributed by atoms with Crippen molar-refractivity contribution in [2.24, 2.45) is 0 Å². The van der Waals surface area contributed by atoms with Crippen molar-refractivity contribution in [3.05, 3.63) is 62.7 Å². The Kier molecular flexibility index (Phi) is 3.57. The van der Waals surface area contributed by atoms with Gasteiger partial charge in [-0.05, 0) is 24.3 Å². The van der Waals surface area contributed by atoms with Crippen molar-refractivity contribution < 1.29 is 9.18 Å². The lowest BCUT2D eigenvalue weighted by atomic mass is 10.3. The van der Waals surface area contributed by atoms with Gasteiger partial charge in [0.05, 0.1) is 5.69 Å². The van der Waals surface area contributed by atoms with Crippen LogP contribution in [0.2, 0.25) is 0 Å². The number of hydrogen-bond donors (Lipinski definition) is 2. The van der Waals surface area contributed by atoms with Gasteiger partial charge in [0.15, 0.2) is 0 Å². The number of H-pyrrole nitrogens is 1. The summed E-state index contributed by atoms with van der Waals surface area (Å²) in [5.41, 5.74) is -0.267. The van der Waals surface area contributed by atoms with Gasteiger partial charge >= 0.3 is 0 Å². The standard InChI is InChI=1S/C12H8BrFN2O2/c13-7-4-5-9(8(14)6-7)16-12(18)10-2-1-3-11(17)15-10/h1-6H,(H,15,17)(H,16,18). The van der Waals surface area contributed by atoms with Gasteiger partial charge in [0, 0.05) is 10.5 Å². The number of nitrogens with one attached hydrogen (secondary N) is 2. The summed E-state index contributed by atoms with van der Waals surface area (Å²) < 4.78 is 14.1. The summed E-state index contributed by atoms with van der Waals surface area (Å²) in [5.74, 6) is -1.13. The zero-order chi connectivity index (χ0) is 13.1. The average molecular weight is 311 g/mol. The molecule has 0 atom stereocenters. The number of aromatic nitrogens is 1. The van der Waals surface area contributed by atoms with Crippen molar-refractivity contribution in [1.29, 1.82) is 0 Å². The second-order valence-electron chi connectivity index (χ2n) is 3.51. The number of pyridine rings is 1. The minimum atomic E-state index is -0.575. The van der Waals surface area contributed by atoms with Crippen molar-refractivity contribution in [1.82, 2.24) is 4.98 Å². The van der Waals surface area contributed by atoms with Crippen LogP contribution >= 0.6 is 15.9 Å². The molecule has 0 aliphatic heterocycles. The predicted molar refractivity (Wildman–Crippen MR) is 69.1 cm³/mol. The maximum Gasteiger partial charge on any atom is 0.272 e. The number of anilines is 1. The van der Waals surface area contributed by atoms with Crippen LogP contribution in [0.15, 0.2) is 45.7 Å². The summed E-state index contributed by atoms with van der Waals surface area (Å²) >= 11 is 3.12. The number of hydrogen-bond acceptors (Lipinski definition) is 2. The minimum absolute atomic E-state index is 0.0490. The Bertz CT molecular complexity index is 655. The van der Waals surface area contributed by atoms with Crippen molar-refractivity contribution >= 4 is 27.5 Å². The molecular weight excluding hydrogens is 303 g/mol. The monoisotopic (exact) mass is 310 g/mol. The maximum atomic E-state index is 13.5. The summed E-state index contributed by atoms with van der Waals surface area (Å²) in [5, 5.41) is 2.38. The van der Waals surface area contributed by atoms with Gasteiger partial charge in [-0.2, -0.15) is 0 Å². The van der Waals surface area contributed by atoms with Gasteiger partial charge in [-0.15, -0.1) is 0 Å². The molecule has 6 heteroatoms. The molecule has 18 heavy (non-hydrogen) atoms. The Morgan fingerprint density at radius 2 is 2.06 bits per heavy atom. The molecule has 0 saturated heterocycles. The first kappa shape index (κ1) is 12.5. The molecule has 2 aromatic rings. The highest BCUT2D eigenvalue weighted by molar-refractivity contribution is 9.10. The molecule has 2 N–H and O–H groups in total. The molecule has 1 aromatic carbocycles. The number of amides is 1. The summed E-state index contributed by atoms with van der Waals surface area (Å²) in [6, 6.07) is 8.45. The van der Waals surface area contributed by atoms with Crippen molar-refractivity contribution in [3.63, 3.8) is 0 Å². The Balaban J connectivity index is 2.24. The Morgan fingerprint density at radius 1 is 1.28 bits per heavy atom. The number of aromatic amines is 1. The molecule has 0 aliphatic carbocycles. The molecule has 0 fully saturated rings.